The lowest BCUT2D eigenvalue weighted by Crippen LogP contribution is -2.54. The van der Waals surface area contributed by atoms with Crippen molar-refractivity contribution in [3.05, 3.63) is 29.8 Å². The van der Waals surface area contributed by atoms with Gasteiger partial charge in [0.25, 0.3) is 0 Å². The molecule has 7 nitrogen and oxygen atoms in total. The van der Waals surface area contributed by atoms with Gasteiger partial charge in [-0.05, 0) is 6.07 Å². The molecule has 0 aliphatic carbocycles. The minimum absolute atomic E-state index is 0. The van der Waals surface area contributed by atoms with Crippen LogP contribution in [0.5, 0.6) is 5.75 Å². The van der Waals surface area contributed by atoms with Crippen LogP contribution in [0.2, 0.25) is 0 Å². The topological polar surface area (TPSA) is 73.9 Å². The summed E-state index contributed by atoms with van der Waals surface area (Å²) in [5.74, 6) is 0.754. The van der Waals surface area contributed by atoms with E-state index in [9.17, 15) is 9.59 Å². The van der Waals surface area contributed by atoms with Gasteiger partial charge >= 0.3 is 0 Å². The van der Waals surface area contributed by atoms with E-state index in [1.54, 1.807) is 12.0 Å². The Hall–Kier alpha value is -1.83. The van der Waals surface area contributed by atoms with E-state index in [2.05, 4.69) is 15.5 Å². The molecule has 8 heteroatoms. The molecule has 2 heterocycles. The Labute approximate surface area is 154 Å². The Morgan fingerprint density at radius 3 is 2.84 bits per heavy atom. The first kappa shape index (κ1) is 19.5. The number of halogens is 1. The van der Waals surface area contributed by atoms with Crippen LogP contribution in [0.3, 0.4) is 0 Å². The number of methoxy groups -OCH3 is 1. The molecule has 2 fully saturated rings. The molecule has 1 aromatic rings. The van der Waals surface area contributed by atoms with E-state index in [4.69, 9.17) is 4.74 Å². The van der Waals surface area contributed by atoms with Crippen LogP contribution in [0.25, 0.3) is 0 Å². The zero-order valence-corrected chi connectivity index (χ0v) is 15.2. The minimum Gasteiger partial charge on any atom is -0.496 e. The molecule has 0 saturated carbocycles. The Kier molecular flexibility index (Phi) is 7.04. The van der Waals surface area contributed by atoms with Gasteiger partial charge in [-0.3, -0.25) is 14.5 Å². The summed E-state index contributed by atoms with van der Waals surface area (Å²) in [5, 5.41) is 6.14. The van der Waals surface area contributed by atoms with E-state index in [0.717, 1.165) is 30.9 Å². The van der Waals surface area contributed by atoms with Gasteiger partial charge in [-0.2, -0.15) is 0 Å². The van der Waals surface area contributed by atoms with Gasteiger partial charge < -0.3 is 20.3 Å². The number of hydrogen-bond acceptors (Lipinski definition) is 5. The molecule has 2 N–H and O–H groups in total. The molecular formula is C17H25ClN4O3. The molecule has 2 aliphatic heterocycles. The van der Waals surface area contributed by atoms with Crippen molar-refractivity contribution in [2.24, 2.45) is 0 Å². The largest absolute Gasteiger partial charge is 0.496 e. The number of piperazine rings is 2. The molecule has 0 bridgehead atoms. The predicted octanol–water partition coefficient (Wildman–Crippen LogP) is 0.0217. The fraction of sp³-hybridized carbons (Fsp3) is 0.529. The van der Waals surface area contributed by atoms with Crippen molar-refractivity contribution in [1.82, 2.24) is 20.4 Å². The Balaban J connectivity index is 0.00000225. The van der Waals surface area contributed by atoms with E-state index in [1.165, 1.54) is 0 Å². The number of ether oxygens (including phenoxy) is 1. The third-order valence-electron chi connectivity index (χ3n) is 4.58. The summed E-state index contributed by atoms with van der Waals surface area (Å²) >= 11 is 0. The monoisotopic (exact) mass is 368 g/mol. The normalized spacial score (nSPS) is 21.2. The van der Waals surface area contributed by atoms with Gasteiger partial charge in [0.15, 0.2) is 0 Å². The molecule has 1 aromatic carbocycles. The number of hydrogen-bond donors (Lipinski definition) is 2. The number of amides is 2. The van der Waals surface area contributed by atoms with Gasteiger partial charge in [0.1, 0.15) is 5.75 Å². The molecule has 25 heavy (non-hydrogen) atoms. The van der Waals surface area contributed by atoms with E-state index in [0.29, 0.717) is 19.6 Å². The van der Waals surface area contributed by atoms with E-state index in [1.807, 2.05) is 24.3 Å². The summed E-state index contributed by atoms with van der Waals surface area (Å²) in [7, 11) is 1.66. The number of para-hydroxylation sites is 1. The van der Waals surface area contributed by atoms with Gasteiger partial charge in [-0.15, -0.1) is 12.4 Å². The van der Waals surface area contributed by atoms with Crippen molar-refractivity contribution in [1.29, 1.82) is 0 Å². The summed E-state index contributed by atoms with van der Waals surface area (Å²) in [4.78, 5) is 27.9. The highest BCUT2D eigenvalue weighted by molar-refractivity contribution is 5.86. The predicted molar refractivity (Wildman–Crippen MR) is 97.0 cm³/mol. The maximum Gasteiger partial charge on any atom is 0.239 e. The lowest BCUT2D eigenvalue weighted by Gasteiger charge is -2.38. The maximum absolute atomic E-state index is 12.6. The highest BCUT2D eigenvalue weighted by atomic mass is 35.5. The fourth-order valence-corrected chi connectivity index (χ4v) is 3.31. The summed E-state index contributed by atoms with van der Waals surface area (Å²) in [5.41, 5.74) is 1.08. The Bertz CT molecular complexity index is 613. The lowest BCUT2D eigenvalue weighted by molar-refractivity contribution is -0.139. The molecule has 2 aliphatic rings. The van der Waals surface area contributed by atoms with Crippen LogP contribution in [0, 0.1) is 0 Å². The molecule has 3 rings (SSSR count). The van der Waals surface area contributed by atoms with Crippen LogP contribution in [-0.4, -0.2) is 74.5 Å². The molecule has 2 saturated heterocycles. The van der Waals surface area contributed by atoms with Crippen LogP contribution < -0.4 is 15.4 Å². The Morgan fingerprint density at radius 1 is 1.28 bits per heavy atom. The summed E-state index contributed by atoms with van der Waals surface area (Å²) in [6.45, 7) is 3.99. The molecule has 0 radical (unpaired) electrons. The van der Waals surface area contributed by atoms with E-state index >= 15 is 0 Å². The standard InChI is InChI=1S/C17H24N4O3.ClH/c1-24-15-5-3-2-4-13(15)14-10-18-6-8-20(14)12-17(23)21-9-7-19-16(22)11-21;/h2-5,14,18H,6-12H2,1H3,(H,19,22);1H. The van der Waals surface area contributed by atoms with Crippen molar-refractivity contribution in [2.45, 2.75) is 6.04 Å². The first-order chi connectivity index (χ1) is 11.7. The zero-order chi connectivity index (χ0) is 16.9. The highest BCUT2D eigenvalue weighted by Gasteiger charge is 2.30. The van der Waals surface area contributed by atoms with Crippen LogP contribution in [0.15, 0.2) is 24.3 Å². The second-order valence-electron chi connectivity index (χ2n) is 6.10. The van der Waals surface area contributed by atoms with Crippen LogP contribution in [-0.2, 0) is 9.59 Å². The van der Waals surface area contributed by atoms with Crippen molar-refractivity contribution in [3.8, 4) is 5.75 Å². The molecule has 0 aromatic heterocycles. The van der Waals surface area contributed by atoms with Gasteiger partial charge in [-0.25, -0.2) is 0 Å². The minimum atomic E-state index is -0.0869. The lowest BCUT2D eigenvalue weighted by atomic mass is 10.0. The second kappa shape index (κ2) is 9.03. The molecule has 0 spiro atoms. The van der Waals surface area contributed by atoms with E-state index in [-0.39, 0.29) is 36.8 Å². The Morgan fingerprint density at radius 2 is 2.08 bits per heavy atom. The van der Waals surface area contributed by atoms with Crippen LogP contribution in [0.4, 0.5) is 0 Å². The number of nitrogens with one attached hydrogen (secondary N) is 2. The average Bonchev–Trinajstić information content (AvgIpc) is 2.62. The fourth-order valence-electron chi connectivity index (χ4n) is 3.31. The van der Waals surface area contributed by atoms with Crippen molar-refractivity contribution in [3.63, 3.8) is 0 Å². The average molecular weight is 369 g/mol. The number of carbonyl (C=O) groups is 2. The van der Waals surface area contributed by atoms with Crippen LogP contribution >= 0.6 is 12.4 Å². The summed E-state index contributed by atoms with van der Waals surface area (Å²) in [6, 6.07) is 8.00. The number of nitrogens with zero attached hydrogens (tertiary/aromatic N) is 2. The second-order valence-corrected chi connectivity index (χ2v) is 6.10. The van der Waals surface area contributed by atoms with Crippen molar-refractivity contribution >= 4 is 24.2 Å². The molecule has 138 valence electrons. The number of rotatable bonds is 4. The van der Waals surface area contributed by atoms with Crippen LogP contribution in [0.1, 0.15) is 11.6 Å². The van der Waals surface area contributed by atoms with E-state index < -0.39 is 0 Å². The molecular weight excluding hydrogens is 344 g/mol. The highest BCUT2D eigenvalue weighted by Crippen LogP contribution is 2.30. The zero-order valence-electron chi connectivity index (χ0n) is 14.4. The third-order valence-corrected chi connectivity index (χ3v) is 4.58. The summed E-state index contributed by atoms with van der Waals surface area (Å²) in [6.07, 6.45) is 0. The number of carbonyl (C=O) groups excluding carboxylic acids is 2. The molecule has 1 unspecified atom stereocenters. The van der Waals surface area contributed by atoms with Gasteiger partial charge in [0.05, 0.1) is 26.2 Å². The van der Waals surface area contributed by atoms with Gasteiger partial charge in [-0.1, -0.05) is 18.2 Å². The molecule has 1 atom stereocenters. The van der Waals surface area contributed by atoms with Gasteiger partial charge in [0, 0.05) is 38.3 Å². The summed E-state index contributed by atoms with van der Waals surface area (Å²) < 4.78 is 5.48. The first-order valence-electron chi connectivity index (χ1n) is 8.31. The molecule has 2 amide bonds. The third kappa shape index (κ3) is 4.62. The smallest absolute Gasteiger partial charge is 0.239 e. The van der Waals surface area contributed by atoms with Crippen molar-refractivity contribution in [2.75, 3.05) is 52.9 Å². The quantitative estimate of drug-likeness (QED) is 0.784. The van der Waals surface area contributed by atoms with Gasteiger partial charge in [0.2, 0.25) is 11.8 Å². The maximum atomic E-state index is 12.6. The number of benzene rings is 1. The SMILES string of the molecule is COc1ccccc1C1CNCCN1CC(=O)N1CCNC(=O)C1.Cl. The first-order valence-corrected chi connectivity index (χ1v) is 8.31. The van der Waals surface area contributed by atoms with Crippen molar-refractivity contribution < 1.29 is 14.3 Å².